The second-order valence-electron chi connectivity index (χ2n) is 5.33. The molecule has 2 amide bonds. The van der Waals surface area contributed by atoms with Crippen LogP contribution < -0.4 is 5.32 Å². The van der Waals surface area contributed by atoms with Crippen molar-refractivity contribution in [1.29, 1.82) is 0 Å². The zero-order valence-electron chi connectivity index (χ0n) is 12.6. The average molecular weight is 306 g/mol. The van der Waals surface area contributed by atoms with Gasteiger partial charge >= 0.3 is 0 Å². The summed E-state index contributed by atoms with van der Waals surface area (Å²) in [6, 6.07) is 6.39. The lowest BCUT2D eigenvalue weighted by molar-refractivity contribution is -0.130. The molecule has 1 N–H and O–H groups in total. The highest BCUT2D eigenvalue weighted by molar-refractivity contribution is 7.99. The first-order valence-corrected chi connectivity index (χ1v) is 8.29. The highest BCUT2D eigenvalue weighted by atomic mass is 32.2. The van der Waals surface area contributed by atoms with E-state index in [1.165, 1.54) is 16.0 Å². The number of hydrogen-bond acceptors (Lipinski definition) is 3. The van der Waals surface area contributed by atoms with Crippen LogP contribution in [0.3, 0.4) is 0 Å². The monoisotopic (exact) mass is 306 g/mol. The highest BCUT2D eigenvalue weighted by Gasteiger charge is 2.17. The Labute approximate surface area is 130 Å². The summed E-state index contributed by atoms with van der Waals surface area (Å²) >= 11 is 1.71. The van der Waals surface area contributed by atoms with Gasteiger partial charge in [-0.2, -0.15) is 0 Å². The van der Waals surface area contributed by atoms with Crippen molar-refractivity contribution in [2.75, 3.05) is 25.4 Å². The SMILES string of the molecule is Cc1ccc(SCCC(=O)N2CCNC(=O)CC2)cc1C. The molecule has 1 aromatic rings. The molecular formula is C16H22N2O2S. The number of carbonyl (C=O) groups is 2. The lowest BCUT2D eigenvalue weighted by Crippen LogP contribution is -2.34. The van der Waals surface area contributed by atoms with Crippen LogP contribution in [-0.4, -0.2) is 42.1 Å². The van der Waals surface area contributed by atoms with E-state index in [0.717, 1.165) is 5.75 Å². The van der Waals surface area contributed by atoms with Crippen molar-refractivity contribution in [3.05, 3.63) is 29.3 Å². The molecule has 0 atom stereocenters. The van der Waals surface area contributed by atoms with Crippen molar-refractivity contribution in [2.45, 2.75) is 31.6 Å². The van der Waals surface area contributed by atoms with Crippen molar-refractivity contribution in [3.8, 4) is 0 Å². The van der Waals surface area contributed by atoms with Crippen LogP contribution in [0.1, 0.15) is 24.0 Å². The Morgan fingerprint density at radius 1 is 1.29 bits per heavy atom. The quantitative estimate of drug-likeness (QED) is 0.867. The zero-order valence-corrected chi connectivity index (χ0v) is 13.5. The van der Waals surface area contributed by atoms with Gasteiger partial charge in [0.15, 0.2) is 0 Å². The molecule has 0 bridgehead atoms. The normalized spacial score (nSPS) is 15.5. The van der Waals surface area contributed by atoms with Gasteiger partial charge in [0, 0.05) is 43.1 Å². The van der Waals surface area contributed by atoms with Crippen molar-refractivity contribution in [1.82, 2.24) is 10.2 Å². The maximum atomic E-state index is 12.1. The number of nitrogens with zero attached hydrogens (tertiary/aromatic N) is 1. The fraction of sp³-hybridized carbons (Fsp3) is 0.500. The van der Waals surface area contributed by atoms with Crippen molar-refractivity contribution >= 4 is 23.6 Å². The maximum absolute atomic E-state index is 12.1. The van der Waals surface area contributed by atoms with Gasteiger partial charge < -0.3 is 10.2 Å². The predicted octanol–water partition coefficient (Wildman–Crippen LogP) is 2.13. The van der Waals surface area contributed by atoms with Gasteiger partial charge in [0.05, 0.1) is 0 Å². The first-order chi connectivity index (χ1) is 10.1. The van der Waals surface area contributed by atoms with E-state index >= 15 is 0 Å². The number of nitrogens with one attached hydrogen (secondary N) is 1. The number of amides is 2. The third kappa shape index (κ3) is 4.77. The lowest BCUT2D eigenvalue weighted by Gasteiger charge is -2.19. The summed E-state index contributed by atoms with van der Waals surface area (Å²) in [4.78, 5) is 26.4. The molecule has 21 heavy (non-hydrogen) atoms. The minimum Gasteiger partial charge on any atom is -0.354 e. The zero-order chi connectivity index (χ0) is 15.2. The maximum Gasteiger partial charge on any atom is 0.223 e. The van der Waals surface area contributed by atoms with Gasteiger partial charge in [-0.05, 0) is 37.1 Å². The summed E-state index contributed by atoms with van der Waals surface area (Å²) in [6.07, 6.45) is 0.932. The summed E-state index contributed by atoms with van der Waals surface area (Å²) in [6.45, 7) is 5.93. The van der Waals surface area contributed by atoms with E-state index in [1.54, 1.807) is 16.7 Å². The molecule has 1 aliphatic heterocycles. The van der Waals surface area contributed by atoms with Crippen molar-refractivity contribution < 1.29 is 9.59 Å². The topological polar surface area (TPSA) is 49.4 Å². The fourth-order valence-corrected chi connectivity index (χ4v) is 3.17. The van der Waals surface area contributed by atoms with Gasteiger partial charge in [0.1, 0.15) is 0 Å². The molecule has 0 unspecified atom stereocenters. The van der Waals surface area contributed by atoms with E-state index in [2.05, 4.69) is 37.4 Å². The first-order valence-electron chi connectivity index (χ1n) is 7.31. The molecule has 2 rings (SSSR count). The number of benzene rings is 1. The number of aryl methyl sites for hydroxylation is 2. The smallest absolute Gasteiger partial charge is 0.223 e. The second-order valence-corrected chi connectivity index (χ2v) is 6.49. The number of carbonyl (C=O) groups excluding carboxylic acids is 2. The Kier molecular flexibility index (Phi) is 5.67. The minimum atomic E-state index is 0.0369. The van der Waals surface area contributed by atoms with E-state index in [1.807, 2.05) is 0 Å². The minimum absolute atomic E-state index is 0.0369. The molecule has 1 heterocycles. The van der Waals surface area contributed by atoms with Crippen molar-refractivity contribution in [2.24, 2.45) is 0 Å². The van der Waals surface area contributed by atoms with Gasteiger partial charge in [-0.15, -0.1) is 11.8 Å². The molecule has 0 spiro atoms. The molecule has 1 aromatic carbocycles. The molecule has 1 saturated heterocycles. The van der Waals surface area contributed by atoms with E-state index < -0.39 is 0 Å². The number of thioether (sulfide) groups is 1. The van der Waals surface area contributed by atoms with Crippen LogP contribution >= 0.6 is 11.8 Å². The molecule has 4 nitrogen and oxygen atoms in total. The van der Waals surface area contributed by atoms with E-state index in [-0.39, 0.29) is 11.8 Å². The largest absolute Gasteiger partial charge is 0.354 e. The summed E-state index contributed by atoms with van der Waals surface area (Å²) in [5.41, 5.74) is 2.57. The van der Waals surface area contributed by atoms with E-state index in [4.69, 9.17) is 0 Å². The average Bonchev–Trinajstić information content (AvgIpc) is 2.67. The molecule has 0 radical (unpaired) electrons. The summed E-state index contributed by atoms with van der Waals surface area (Å²) < 4.78 is 0. The lowest BCUT2D eigenvalue weighted by atomic mass is 10.1. The standard InChI is InChI=1S/C16H22N2O2S/c1-12-3-4-14(11-13(12)2)21-10-6-16(20)18-8-5-15(19)17-7-9-18/h3-4,11H,5-10H2,1-2H3,(H,17,19). The third-order valence-corrected chi connectivity index (χ3v) is 4.72. The molecule has 114 valence electrons. The third-order valence-electron chi connectivity index (χ3n) is 3.73. The van der Waals surface area contributed by atoms with Crippen molar-refractivity contribution in [3.63, 3.8) is 0 Å². The van der Waals surface area contributed by atoms with Gasteiger partial charge in [-0.25, -0.2) is 0 Å². The Hall–Kier alpha value is -1.49. The summed E-state index contributed by atoms with van der Waals surface area (Å²) in [5, 5.41) is 2.78. The van der Waals surface area contributed by atoms with Crippen LogP contribution in [0, 0.1) is 13.8 Å². The molecule has 0 aliphatic carbocycles. The Morgan fingerprint density at radius 2 is 2.10 bits per heavy atom. The van der Waals surface area contributed by atoms with Gasteiger partial charge in [0.2, 0.25) is 11.8 Å². The second kappa shape index (κ2) is 7.50. The summed E-state index contributed by atoms with van der Waals surface area (Å²) in [7, 11) is 0. The van der Waals surface area contributed by atoms with Gasteiger partial charge in [-0.1, -0.05) is 6.07 Å². The van der Waals surface area contributed by atoms with E-state index in [9.17, 15) is 9.59 Å². The molecule has 0 saturated carbocycles. The van der Waals surface area contributed by atoms with Gasteiger partial charge in [0.25, 0.3) is 0 Å². The summed E-state index contributed by atoms with van der Waals surface area (Å²) in [5.74, 6) is 0.955. The Balaban J connectivity index is 1.78. The van der Waals surface area contributed by atoms with Crippen LogP contribution in [0.2, 0.25) is 0 Å². The van der Waals surface area contributed by atoms with Crippen LogP contribution in [0.5, 0.6) is 0 Å². The highest BCUT2D eigenvalue weighted by Crippen LogP contribution is 2.22. The molecule has 1 aliphatic rings. The van der Waals surface area contributed by atoms with Crippen LogP contribution in [-0.2, 0) is 9.59 Å². The van der Waals surface area contributed by atoms with Crippen LogP contribution in [0.15, 0.2) is 23.1 Å². The van der Waals surface area contributed by atoms with Gasteiger partial charge in [-0.3, -0.25) is 9.59 Å². The Bertz CT molecular complexity index is 531. The molecule has 5 heteroatoms. The van der Waals surface area contributed by atoms with E-state index in [0.29, 0.717) is 32.5 Å². The van der Waals surface area contributed by atoms with Crippen LogP contribution in [0.25, 0.3) is 0 Å². The number of rotatable bonds is 4. The predicted molar refractivity (Wildman–Crippen MR) is 85.5 cm³/mol. The Morgan fingerprint density at radius 3 is 2.86 bits per heavy atom. The fourth-order valence-electron chi connectivity index (χ4n) is 2.23. The number of hydrogen-bond donors (Lipinski definition) is 1. The molecule has 1 fully saturated rings. The van der Waals surface area contributed by atoms with Crippen LogP contribution in [0.4, 0.5) is 0 Å². The molecular weight excluding hydrogens is 284 g/mol. The molecule has 0 aromatic heterocycles. The first kappa shape index (κ1) is 15.9.